The van der Waals surface area contributed by atoms with Crippen LogP contribution in [0.1, 0.15) is 50.7 Å². The van der Waals surface area contributed by atoms with Crippen LogP contribution in [0, 0.1) is 12.8 Å². The summed E-state index contributed by atoms with van der Waals surface area (Å²) >= 11 is 3.51. The number of aromatic nitrogens is 2. The maximum Gasteiger partial charge on any atom is 0.407 e. The highest BCUT2D eigenvalue weighted by atomic mass is 79.9. The molecule has 0 aliphatic carbocycles. The summed E-state index contributed by atoms with van der Waals surface area (Å²) in [6.07, 6.45) is 3.11. The third kappa shape index (κ3) is 6.32. The predicted molar refractivity (Wildman–Crippen MR) is 127 cm³/mol. The number of aryl methyl sites for hydroxylation is 1. The van der Waals surface area contributed by atoms with Crippen molar-refractivity contribution in [3.05, 3.63) is 46.2 Å². The molecule has 168 valence electrons. The smallest absolute Gasteiger partial charge is 0.407 e. The summed E-state index contributed by atoms with van der Waals surface area (Å²) in [5, 5.41) is 2.99. The van der Waals surface area contributed by atoms with Gasteiger partial charge in [-0.05, 0) is 67.9 Å². The minimum Gasteiger partial charge on any atom is -0.444 e. The molecule has 2 heterocycles. The van der Waals surface area contributed by atoms with E-state index in [-0.39, 0.29) is 12.0 Å². The average Bonchev–Trinajstić information content (AvgIpc) is 2.71. The highest BCUT2D eigenvalue weighted by molar-refractivity contribution is 9.10. The van der Waals surface area contributed by atoms with Gasteiger partial charge in [0.25, 0.3) is 0 Å². The average molecular weight is 490 g/mol. The third-order valence-electron chi connectivity index (χ3n) is 5.58. The fourth-order valence-corrected chi connectivity index (χ4v) is 4.44. The van der Waals surface area contributed by atoms with E-state index in [0.717, 1.165) is 36.2 Å². The Bertz CT molecular complexity index is 890. The van der Waals surface area contributed by atoms with Gasteiger partial charge in [-0.3, -0.25) is 0 Å². The van der Waals surface area contributed by atoms with Gasteiger partial charge in [0.1, 0.15) is 28.0 Å². The maximum atomic E-state index is 12.3. The summed E-state index contributed by atoms with van der Waals surface area (Å²) in [6, 6.07) is 8.60. The second-order valence-electron chi connectivity index (χ2n) is 9.12. The number of nitrogens with one attached hydrogen (secondary N) is 1. The number of nitrogens with two attached hydrogens (primary N) is 1. The van der Waals surface area contributed by atoms with Crippen molar-refractivity contribution >= 4 is 33.7 Å². The largest absolute Gasteiger partial charge is 0.444 e. The van der Waals surface area contributed by atoms with Crippen molar-refractivity contribution in [1.82, 2.24) is 15.3 Å². The summed E-state index contributed by atoms with van der Waals surface area (Å²) in [5.74, 6) is 1.94. The number of piperidine rings is 1. The molecule has 3 N–H and O–H groups in total. The molecule has 0 spiro atoms. The molecule has 1 aliphatic heterocycles. The summed E-state index contributed by atoms with van der Waals surface area (Å²) in [6.45, 7) is 9.99. The number of ether oxygens (including phenoxy) is 1. The molecule has 1 aromatic carbocycles. The maximum absolute atomic E-state index is 12.3. The SMILES string of the molecule is Cc1ccc(C(CNC(=O)OC(C)(C)C)C2CCN(c3ncnc(N)c3Br)CC2)cc1. The van der Waals surface area contributed by atoms with Gasteiger partial charge < -0.3 is 20.7 Å². The Morgan fingerprint density at radius 3 is 2.52 bits per heavy atom. The van der Waals surface area contributed by atoms with Crippen molar-refractivity contribution in [2.75, 3.05) is 30.3 Å². The lowest BCUT2D eigenvalue weighted by Gasteiger charge is -2.37. The van der Waals surface area contributed by atoms with Crippen LogP contribution in [-0.2, 0) is 4.74 Å². The number of nitrogens with zero attached hydrogens (tertiary/aromatic N) is 3. The van der Waals surface area contributed by atoms with Gasteiger partial charge in [-0.15, -0.1) is 0 Å². The van der Waals surface area contributed by atoms with Crippen LogP contribution < -0.4 is 16.0 Å². The van der Waals surface area contributed by atoms with E-state index in [9.17, 15) is 4.79 Å². The molecule has 0 bridgehead atoms. The van der Waals surface area contributed by atoms with Crippen LogP contribution in [0.4, 0.5) is 16.4 Å². The Morgan fingerprint density at radius 2 is 1.90 bits per heavy atom. The molecule has 3 rings (SSSR count). The molecule has 1 amide bonds. The number of halogens is 1. The molecule has 7 nitrogen and oxygen atoms in total. The van der Waals surface area contributed by atoms with Crippen molar-refractivity contribution in [3.63, 3.8) is 0 Å². The van der Waals surface area contributed by atoms with E-state index < -0.39 is 5.60 Å². The van der Waals surface area contributed by atoms with Gasteiger partial charge >= 0.3 is 6.09 Å². The lowest BCUT2D eigenvalue weighted by atomic mass is 9.79. The first-order valence-electron chi connectivity index (χ1n) is 10.7. The highest BCUT2D eigenvalue weighted by Crippen LogP contribution is 2.36. The minimum atomic E-state index is -0.512. The molecule has 0 radical (unpaired) electrons. The zero-order valence-electron chi connectivity index (χ0n) is 18.7. The van der Waals surface area contributed by atoms with Crippen LogP contribution in [0.5, 0.6) is 0 Å². The van der Waals surface area contributed by atoms with Crippen LogP contribution in [0.3, 0.4) is 0 Å². The van der Waals surface area contributed by atoms with Gasteiger partial charge in [-0.1, -0.05) is 29.8 Å². The number of alkyl carbamates (subject to hydrolysis) is 1. The third-order valence-corrected chi connectivity index (χ3v) is 6.34. The van der Waals surface area contributed by atoms with Crippen LogP contribution in [0.2, 0.25) is 0 Å². The van der Waals surface area contributed by atoms with E-state index >= 15 is 0 Å². The van der Waals surface area contributed by atoms with Gasteiger partial charge in [0, 0.05) is 25.6 Å². The lowest BCUT2D eigenvalue weighted by Crippen LogP contribution is -2.40. The molecule has 1 unspecified atom stereocenters. The number of carbonyl (C=O) groups is 1. The summed E-state index contributed by atoms with van der Waals surface area (Å²) < 4.78 is 6.19. The standard InChI is InChI=1S/C23H32BrN5O2/c1-15-5-7-16(8-6-15)18(13-26-22(30)31-23(2,3)4)17-9-11-29(12-10-17)21-19(24)20(25)27-14-28-21/h5-8,14,17-18H,9-13H2,1-4H3,(H,26,30)(H2,25,27,28). The molecule has 0 saturated carbocycles. The van der Waals surface area contributed by atoms with Crippen LogP contribution in [0.15, 0.2) is 35.1 Å². The van der Waals surface area contributed by atoms with Gasteiger partial charge in [0.05, 0.1) is 0 Å². The van der Waals surface area contributed by atoms with Crippen LogP contribution >= 0.6 is 15.9 Å². The summed E-state index contributed by atoms with van der Waals surface area (Å²) in [7, 11) is 0. The van der Waals surface area contributed by atoms with Crippen molar-refractivity contribution in [2.45, 2.75) is 52.1 Å². The summed E-state index contributed by atoms with van der Waals surface area (Å²) in [4.78, 5) is 22.9. The van der Waals surface area contributed by atoms with Gasteiger partial charge in [-0.25, -0.2) is 14.8 Å². The van der Waals surface area contributed by atoms with E-state index in [1.54, 1.807) is 0 Å². The fraction of sp³-hybridized carbons (Fsp3) is 0.522. The number of hydrogen-bond acceptors (Lipinski definition) is 6. The quantitative estimate of drug-likeness (QED) is 0.634. The summed E-state index contributed by atoms with van der Waals surface area (Å²) in [5.41, 5.74) is 7.88. The van der Waals surface area contributed by atoms with E-state index in [0.29, 0.717) is 18.3 Å². The number of rotatable bonds is 5. The second-order valence-corrected chi connectivity index (χ2v) is 9.91. The number of amides is 1. The van der Waals surface area contributed by atoms with Crippen LogP contribution in [0.25, 0.3) is 0 Å². The molecule has 2 aromatic rings. The Morgan fingerprint density at radius 1 is 1.26 bits per heavy atom. The molecule has 1 aromatic heterocycles. The number of benzene rings is 1. The molecule has 8 heteroatoms. The normalized spacial score (nSPS) is 16.1. The van der Waals surface area contributed by atoms with Gasteiger partial charge in [-0.2, -0.15) is 0 Å². The molecule has 1 fully saturated rings. The van der Waals surface area contributed by atoms with Crippen molar-refractivity contribution < 1.29 is 9.53 Å². The van der Waals surface area contributed by atoms with Crippen molar-refractivity contribution in [1.29, 1.82) is 0 Å². The molecular weight excluding hydrogens is 458 g/mol. The number of anilines is 2. The first-order chi connectivity index (χ1) is 14.6. The van der Waals surface area contributed by atoms with E-state index in [2.05, 4.69) is 67.3 Å². The van der Waals surface area contributed by atoms with Crippen molar-refractivity contribution in [3.8, 4) is 0 Å². The predicted octanol–water partition coefficient (Wildman–Crippen LogP) is 4.65. The Labute approximate surface area is 192 Å². The zero-order chi connectivity index (χ0) is 22.6. The Kier molecular flexibility index (Phi) is 7.41. The molecule has 1 aliphatic rings. The molecule has 1 saturated heterocycles. The van der Waals surface area contributed by atoms with E-state index in [4.69, 9.17) is 10.5 Å². The number of nitrogen functional groups attached to an aromatic ring is 1. The Balaban J connectivity index is 1.70. The molecule has 1 atom stereocenters. The van der Waals surface area contributed by atoms with E-state index in [1.807, 2.05) is 20.8 Å². The van der Waals surface area contributed by atoms with Gasteiger partial charge in [0.15, 0.2) is 0 Å². The fourth-order valence-electron chi connectivity index (χ4n) is 3.99. The second kappa shape index (κ2) is 9.85. The first-order valence-corrected chi connectivity index (χ1v) is 11.5. The number of carbonyl (C=O) groups excluding carboxylic acids is 1. The topological polar surface area (TPSA) is 93.4 Å². The number of hydrogen-bond donors (Lipinski definition) is 2. The molecule has 31 heavy (non-hydrogen) atoms. The molecular formula is C23H32BrN5O2. The first kappa shape index (κ1) is 23.3. The van der Waals surface area contributed by atoms with E-state index in [1.165, 1.54) is 17.5 Å². The van der Waals surface area contributed by atoms with Crippen molar-refractivity contribution in [2.24, 2.45) is 5.92 Å². The minimum absolute atomic E-state index is 0.217. The highest BCUT2D eigenvalue weighted by Gasteiger charge is 2.30. The monoisotopic (exact) mass is 489 g/mol. The van der Waals surface area contributed by atoms with Crippen LogP contribution in [-0.4, -0.2) is 41.3 Å². The Hall–Kier alpha value is -2.35. The van der Waals surface area contributed by atoms with Gasteiger partial charge in [0.2, 0.25) is 0 Å². The lowest BCUT2D eigenvalue weighted by molar-refractivity contribution is 0.0520. The zero-order valence-corrected chi connectivity index (χ0v) is 20.3.